The van der Waals surface area contributed by atoms with Crippen LogP contribution in [0.4, 0.5) is 0 Å². The summed E-state index contributed by atoms with van der Waals surface area (Å²) in [7, 11) is 0. The Morgan fingerprint density at radius 2 is 1.46 bits per heavy atom. The molecule has 5 nitrogen and oxygen atoms in total. The smallest absolute Gasteiger partial charge is 0.123 e. The maximum absolute atomic E-state index is 7.80. The second-order valence-corrected chi connectivity index (χ2v) is 6.10. The number of nitrogens with zero attached hydrogens (tertiary/aromatic N) is 3. The Balaban J connectivity index is 0.000000717. The van der Waals surface area contributed by atoms with Crippen LogP contribution in [0.5, 0.6) is 5.75 Å². The molecule has 1 N–H and O–H groups in total. The molecule has 28 heavy (non-hydrogen) atoms. The Kier molecular flexibility index (Phi) is 12.4. The number of ether oxygens (including phenoxy) is 1. The first-order chi connectivity index (χ1) is 13.3. The molecule has 0 aliphatic carbocycles. The van der Waals surface area contributed by atoms with E-state index in [0.717, 1.165) is 41.4 Å². The topological polar surface area (TPSA) is 68.1 Å². The van der Waals surface area contributed by atoms with Crippen molar-refractivity contribution in [2.75, 3.05) is 19.0 Å². The van der Waals surface area contributed by atoms with Crippen LogP contribution in [0.25, 0.3) is 22.8 Å². The van der Waals surface area contributed by atoms with Crippen molar-refractivity contribution in [3.63, 3.8) is 0 Å². The predicted molar refractivity (Wildman–Crippen MR) is 112 cm³/mol. The SMILES string of the molecule is CCCCOc1cc(-c2ccccn2)nc(-c2ccccn2)c1.OCCS.[Pt]. The third-order valence-electron chi connectivity index (χ3n) is 3.52. The Morgan fingerprint density at radius 1 is 0.929 bits per heavy atom. The van der Waals surface area contributed by atoms with Crippen molar-refractivity contribution in [1.29, 1.82) is 0 Å². The molecular formula is C21H25N3O2PtS. The standard InChI is InChI=1S/C19H19N3O.C2H6OS.Pt/c1-2-3-12-23-15-13-18(16-8-4-6-10-20-16)22-19(14-15)17-9-5-7-11-21-17;3-1-2-4;/h4-11,13-14H,2-3,12H2,1H3;3-4H,1-2H2;. The van der Waals surface area contributed by atoms with E-state index in [1.807, 2.05) is 48.5 Å². The van der Waals surface area contributed by atoms with Gasteiger partial charge in [-0.1, -0.05) is 25.5 Å². The summed E-state index contributed by atoms with van der Waals surface area (Å²) in [4.78, 5) is 13.5. The van der Waals surface area contributed by atoms with Crippen LogP contribution in [0.2, 0.25) is 0 Å². The number of hydrogen-bond acceptors (Lipinski definition) is 6. The zero-order chi connectivity index (χ0) is 19.3. The quantitative estimate of drug-likeness (QED) is 0.324. The summed E-state index contributed by atoms with van der Waals surface area (Å²) in [6.45, 7) is 3.03. The Morgan fingerprint density at radius 3 is 1.86 bits per heavy atom. The van der Waals surface area contributed by atoms with Crippen LogP contribution in [-0.2, 0) is 21.1 Å². The first kappa shape index (κ1) is 24.3. The minimum Gasteiger partial charge on any atom is -0.493 e. The molecule has 0 amide bonds. The van der Waals surface area contributed by atoms with E-state index in [2.05, 4.69) is 29.5 Å². The van der Waals surface area contributed by atoms with E-state index < -0.39 is 0 Å². The van der Waals surface area contributed by atoms with Gasteiger partial charge in [0.15, 0.2) is 0 Å². The maximum atomic E-state index is 7.80. The molecule has 0 aliphatic rings. The molecule has 0 fully saturated rings. The van der Waals surface area contributed by atoms with Gasteiger partial charge in [-0.2, -0.15) is 12.6 Å². The van der Waals surface area contributed by atoms with Crippen LogP contribution in [0, 0.1) is 0 Å². The van der Waals surface area contributed by atoms with Crippen LogP contribution in [0.15, 0.2) is 60.9 Å². The van der Waals surface area contributed by atoms with E-state index in [0.29, 0.717) is 12.4 Å². The first-order valence-corrected chi connectivity index (χ1v) is 9.61. The summed E-state index contributed by atoms with van der Waals surface area (Å²) in [5.41, 5.74) is 3.23. The van der Waals surface area contributed by atoms with E-state index in [1.165, 1.54) is 0 Å². The van der Waals surface area contributed by atoms with Gasteiger partial charge >= 0.3 is 0 Å². The fraction of sp³-hybridized carbons (Fsp3) is 0.286. The monoisotopic (exact) mass is 578 g/mol. The van der Waals surface area contributed by atoms with Crippen molar-refractivity contribution in [1.82, 2.24) is 15.0 Å². The number of aliphatic hydroxyl groups excluding tert-OH is 1. The fourth-order valence-corrected chi connectivity index (χ4v) is 2.21. The largest absolute Gasteiger partial charge is 0.493 e. The van der Waals surface area contributed by atoms with Crippen molar-refractivity contribution in [3.8, 4) is 28.5 Å². The van der Waals surface area contributed by atoms with Crippen molar-refractivity contribution in [2.24, 2.45) is 0 Å². The molecule has 7 heteroatoms. The zero-order valence-electron chi connectivity index (χ0n) is 15.8. The third-order valence-corrected chi connectivity index (χ3v) is 3.72. The van der Waals surface area contributed by atoms with Gasteiger partial charge in [0.25, 0.3) is 0 Å². The first-order valence-electron chi connectivity index (χ1n) is 8.98. The summed E-state index contributed by atoms with van der Waals surface area (Å²) in [5.74, 6) is 1.37. The number of pyridine rings is 3. The Labute approximate surface area is 186 Å². The normalized spacial score (nSPS) is 9.68. The van der Waals surface area contributed by atoms with Gasteiger partial charge in [0.1, 0.15) is 5.75 Å². The summed E-state index contributed by atoms with van der Waals surface area (Å²) in [6, 6.07) is 15.5. The molecule has 3 heterocycles. The predicted octanol–water partition coefficient (Wildman–Crippen LogP) is 4.29. The molecular weight excluding hydrogens is 553 g/mol. The van der Waals surface area contributed by atoms with E-state index in [9.17, 15) is 0 Å². The second-order valence-electron chi connectivity index (χ2n) is 5.65. The second kappa shape index (κ2) is 14.3. The summed E-state index contributed by atoms with van der Waals surface area (Å²) >= 11 is 3.67. The van der Waals surface area contributed by atoms with Gasteiger partial charge < -0.3 is 9.84 Å². The van der Waals surface area contributed by atoms with E-state index in [-0.39, 0.29) is 27.7 Å². The number of hydrogen-bond donors (Lipinski definition) is 2. The zero-order valence-corrected chi connectivity index (χ0v) is 18.9. The van der Waals surface area contributed by atoms with Crippen LogP contribution in [-0.4, -0.2) is 39.0 Å². The van der Waals surface area contributed by atoms with Crippen LogP contribution >= 0.6 is 12.6 Å². The number of aliphatic hydroxyl groups is 1. The molecule has 3 aromatic rings. The van der Waals surface area contributed by atoms with Gasteiger partial charge in [-0.15, -0.1) is 0 Å². The van der Waals surface area contributed by atoms with E-state index in [4.69, 9.17) is 14.8 Å². The van der Waals surface area contributed by atoms with Gasteiger partial charge in [-0.05, 0) is 30.7 Å². The molecule has 0 atom stereocenters. The van der Waals surface area contributed by atoms with E-state index in [1.54, 1.807) is 12.4 Å². The molecule has 0 aromatic carbocycles. The van der Waals surface area contributed by atoms with Crippen molar-refractivity contribution < 1.29 is 30.9 Å². The number of thiol groups is 1. The van der Waals surface area contributed by atoms with E-state index >= 15 is 0 Å². The van der Waals surface area contributed by atoms with Gasteiger partial charge in [-0.3, -0.25) is 9.97 Å². The molecule has 3 aromatic heterocycles. The summed E-state index contributed by atoms with van der Waals surface area (Å²) in [5, 5.41) is 7.80. The van der Waals surface area contributed by atoms with Crippen LogP contribution in [0.1, 0.15) is 19.8 Å². The third kappa shape index (κ3) is 8.09. The molecule has 0 saturated heterocycles. The molecule has 0 bridgehead atoms. The van der Waals surface area contributed by atoms with Gasteiger partial charge in [0.05, 0.1) is 36.0 Å². The van der Waals surface area contributed by atoms with Gasteiger partial charge in [0.2, 0.25) is 0 Å². The minimum atomic E-state index is 0. The van der Waals surface area contributed by atoms with Crippen LogP contribution in [0.3, 0.4) is 0 Å². The minimum absolute atomic E-state index is 0. The molecule has 152 valence electrons. The van der Waals surface area contributed by atoms with Crippen molar-refractivity contribution in [2.45, 2.75) is 19.8 Å². The summed E-state index contributed by atoms with van der Waals surface area (Å²) < 4.78 is 5.88. The number of aromatic nitrogens is 3. The molecule has 0 aliphatic heterocycles. The molecule has 3 rings (SSSR count). The molecule has 0 unspecified atom stereocenters. The van der Waals surface area contributed by atoms with Gasteiger partial charge in [-0.25, -0.2) is 4.98 Å². The Hall–Kier alpha value is -1.75. The molecule has 0 radical (unpaired) electrons. The van der Waals surface area contributed by atoms with Crippen LogP contribution < -0.4 is 4.74 Å². The Bertz CT molecular complexity index is 732. The number of unbranched alkanes of at least 4 members (excludes halogenated alkanes) is 1. The fourth-order valence-electron chi connectivity index (χ4n) is 2.21. The average Bonchev–Trinajstić information content (AvgIpc) is 2.75. The molecule has 0 saturated carbocycles. The van der Waals surface area contributed by atoms with Crippen molar-refractivity contribution >= 4 is 12.6 Å². The average molecular weight is 579 g/mol. The molecule has 0 spiro atoms. The summed E-state index contributed by atoms with van der Waals surface area (Å²) in [6.07, 6.45) is 5.66. The number of rotatable bonds is 7. The van der Waals surface area contributed by atoms with Gasteiger partial charge in [0, 0.05) is 51.3 Å². The van der Waals surface area contributed by atoms with Crippen molar-refractivity contribution in [3.05, 3.63) is 60.9 Å². The maximum Gasteiger partial charge on any atom is 0.123 e.